The van der Waals surface area contributed by atoms with Crippen molar-refractivity contribution in [3.05, 3.63) is 28.8 Å². The quantitative estimate of drug-likeness (QED) is 0.899. The van der Waals surface area contributed by atoms with Crippen molar-refractivity contribution in [1.82, 2.24) is 4.90 Å². The molecule has 1 aromatic carbocycles. The topological polar surface area (TPSA) is 80.5 Å². The molecule has 1 heterocycles. The second-order valence-corrected chi connectivity index (χ2v) is 7.79. The number of sulfonamides is 1. The molecule has 2 fully saturated rings. The standard InChI is InChI=1S/C14H17ClN2O3S/c15-12-5-4-9(6-13(12)21(16,19)20)14(18)17-7-10-2-1-3-11(10)8-17/h4-6,10-11H,1-3,7-8H2,(H2,16,19,20). The lowest BCUT2D eigenvalue weighted by Crippen LogP contribution is -2.29. The summed E-state index contributed by atoms with van der Waals surface area (Å²) >= 11 is 5.84. The molecule has 1 aromatic rings. The summed E-state index contributed by atoms with van der Waals surface area (Å²) in [5.74, 6) is 1.05. The molecule has 0 bridgehead atoms. The van der Waals surface area contributed by atoms with Crippen LogP contribution in [0.3, 0.4) is 0 Å². The number of hydrogen-bond donors (Lipinski definition) is 1. The molecule has 114 valence electrons. The molecular weight excluding hydrogens is 312 g/mol. The molecule has 1 aliphatic carbocycles. The van der Waals surface area contributed by atoms with Gasteiger partial charge in [0.05, 0.1) is 5.02 Å². The molecule has 3 rings (SSSR count). The van der Waals surface area contributed by atoms with Gasteiger partial charge >= 0.3 is 0 Å². The predicted molar refractivity (Wildman–Crippen MR) is 79.6 cm³/mol. The number of likely N-dealkylation sites (tertiary alicyclic amines) is 1. The number of benzene rings is 1. The highest BCUT2D eigenvalue weighted by molar-refractivity contribution is 7.89. The van der Waals surface area contributed by atoms with E-state index in [1.165, 1.54) is 31.4 Å². The zero-order valence-electron chi connectivity index (χ0n) is 11.5. The van der Waals surface area contributed by atoms with Crippen molar-refractivity contribution in [2.45, 2.75) is 24.2 Å². The minimum Gasteiger partial charge on any atom is -0.338 e. The van der Waals surface area contributed by atoms with Crippen LogP contribution in [0.25, 0.3) is 0 Å². The predicted octanol–water partition coefficient (Wildman–Crippen LogP) is 1.86. The zero-order valence-corrected chi connectivity index (χ0v) is 13.0. The summed E-state index contributed by atoms with van der Waals surface area (Å²) in [5, 5.41) is 5.15. The fourth-order valence-corrected chi connectivity index (χ4v) is 4.51. The molecule has 2 unspecified atom stereocenters. The summed E-state index contributed by atoms with van der Waals surface area (Å²) in [6.07, 6.45) is 3.60. The Bertz CT molecular complexity index is 677. The van der Waals surface area contributed by atoms with Gasteiger partial charge in [-0.1, -0.05) is 18.0 Å². The maximum Gasteiger partial charge on any atom is 0.253 e. The average Bonchev–Trinajstić information content (AvgIpc) is 2.97. The Hall–Kier alpha value is -1.11. The first kappa shape index (κ1) is 14.8. The monoisotopic (exact) mass is 328 g/mol. The molecule has 2 atom stereocenters. The van der Waals surface area contributed by atoms with Crippen molar-refractivity contribution < 1.29 is 13.2 Å². The highest BCUT2D eigenvalue weighted by Gasteiger charge is 2.38. The zero-order chi connectivity index (χ0) is 15.2. The van der Waals surface area contributed by atoms with Gasteiger partial charge in [-0.3, -0.25) is 4.79 Å². The lowest BCUT2D eigenvalue weighted by Gasteiger charge is -2.18. The van der Waals surface area contributed by atoms with Gasteiger partial charge in [-0.15, -0.1) is 0 Å². The first-order valence-electron chi connectivity index (χ1n) is 6.98. The Morgan fingerprint density at radius 3 is 2.43 bits per heavy atom. The molecule has 1 saturated heterocycles. The van der Waals surface area contributed by atoms with Crippen molar-refractivity contribution in [2.24, 2.45) is 17.0 Å². The van der Waals surface area contributed by atoms with Gasteiger partial charge in [0, 0.05) is 18.7 Å². The molecule has 0 radical (unpaired) electrons. The smallest absolute Gasteiger partial charge is 0.253 e. The fourth-order valence-electron chi connectivity index (χ4n) is 3.44. The van der Waals surface area contributed by atoms with E-state index in [9.17, 15) is 13.2 Å². The Morgan fingerprint density at radius 1 is 1.24 bits per heavy atom. The maximum absolute atomic E-state index is 12.5. The average molecular weight is 329 g/mol. The third-order valence-corrected chi connectivity index (χ3v) is 5.89. The summed E-state index contributed by atoms with van der Waals surface area (Å²) in [4.78, 5) is 14.1. The van der Waals surface area contributed by atoms with E-state index in [0.717, 1.165) is 13.1 Å². The molecule has 2 aliphatic rings. The SMILES string of the molecule is NS(=O)(=O)c1cc(C(=O)N2CC3CCCC3C2)ccc1Cl. The normalized spacial score (nSPS) is 25.1. The molecular formula is C14H17ClN2O3S. The molecule has 1 aliphatic heterocycles. The Kier molecular flexibility index (Phi) is 3.71. The van der Waals surface area contributed by atoms with Crippen molar-refractivity contribution >= 4 is 27.5 Å². The van der Waals surface area contributed by atoms with E-state index in [0.29, 0.717) is 17.4 Å². The third-order valence-electron chi connectivity index (χ3n) is 4.50. The first-order chi connectivity index (χ1) is 9.86. The van der Waals surface area contributed by atoms with Crippen LogP contribution in [0.5, 0.6) is 0 Å². The van der Waals surface area contributed by atoms with E-state index in [-0.39, 0.29) is 15.8 Å². The highest BCUT2D eigenvalue weighted by Crippen LogP contribution is 2.38. The Morgan fingerprint density at radius 2 is 1.86 bits per heavy atom. The minimum atomic E-state index is -3.93. The second kappa shape index (κ2) is 5.26. The van der Waals surface area contributed by atoms with Crippen LogP contribution in [0.4, 0.5) is 0 Å². The number of nitrogens with zero attached hydrogens (tertiary/aromatic N) is 1. The highest BCUT2D eigenvalue weighted by atomic mass is 35.5. The number of halogens is 1. The van der Waals surface area contributed by atoms with Crippen LogP contribution in [0.15, 0.2) is 23.1 Å². The van der Waals surface area contributed by atoms with Crippen LogP contribution in [-0.2, 0) is 10.0 Å². The number of rotatable bonds is 2. The molecule has 21 heavy (non-hydrogen) atoms. The van der Waals surface area contributed by atoms with E-state index < -0.39 is 10.0 Å². The summed E-state index contributed by atoms with van der Waals surface area (Å²) in [6.45, 7) is 1.52. The van der Waals surface area contributed by atoms with Crippen molar-refractivity contribution in [2.75, 3.05) is 13.1 Å². The molecule has 5 nitrogen and oxygen atoms in total. The second-order valence-electron chi connectivity index (χ2n) is 5.85. The van der Waals surface area contributed by atoms with Crippen molar-refractivity contribution in [1.29, 1.82) is 0 Å². The van der Waals surface area contributed by atoms with Gasteiger partial charge in [0.15, 0.2) is 0 Å². The number of hydrogen-bond acceptors (Lipinski definition) is 3. The van der Waals surface area contributed by atoms with Gasteiger partial charge in [0.25, 0.3) is 5.91 Å². The van der Waals surface area contributed by atoms with Crippen LogP contribution in [0.2, 0.25) is 5.02 Å². The fraction of sp³-hybridized carbons (Fsp3) is 0.500. The summed E-state index contributed by atoms with van der Waals surface area (Å²) in [5.41, 5.74) is 0.323. The largest absolute Gasteiger partial charge is 0.338 e. The summed E-state index contributed by atoms with van der Waals surface area (Å²) in [7, 11) is -3.93. The molecule has 1 amide bonds. The molecule has 7 heteroatoms. The van der Waals surface area contributed by atoms with Crippen molar-refractivity contribution in [3.8, 4) is 0 Å². The number of primary sulfonamides is 1. The number of amides is 1. The summed E-state index contributed by atoms with van der Waals surface area (Å²) < 4.78 is 23.0. The van der Waals surface area contributed by atoms with E-state index in [2.05, 4.69) is 0 Å². The van der Waals surface area contributed by atoms with Gasteiger partial charge in [0.2, 0.25) is 10.0 Å². The lowest BCUT2D eigenvalue weighted by molar-refractivity contribution is 0.0780. The molecule has 0 spiro atoms. The van der Waals surface area contributed by atoms with Crippen LogP contribution in [0.1, 0.15) is 29.6 Å². The van der Waals surface area contributed by atoms with Gasteiger partial charge in [-0.05, 0) is 42.9 Å². The lowest BCUT2D eigenvalue weighted by atomic mass is 10.0. The number of carbonyl (C=O) groups is 1. The van der Waals surface area contributed by atoms with Crippen LogP contribution in [0, 0.1) is 11.8 Å². The maximum atomic E-state index is 12.5. The number of carbonyl (C=O) groups excluding carboxylic acids is 1. The minimum absolute atomic E-state index is 0.0346. The van der Waals surface area contributed by atoms with E-state index in [1.54, 1.807) is 6.07 Å². The van der Waals surface area contributed by atoms with E-state index >= 15 is 0 Å². The molecule has 2 N–H and O–H groups in total. The van der Waals surface area contributed by atoms with Crippen LogP contribution >= 0.6 is 11.6 Å². The van der Waals surface area contributed by atoms with Crippen LogP contribution < -0.4 is 5.14 Å². The molecule has 0 aromatic heterocycles. The first-order valence-corrected chi connectivity index (χ1v) is 8.90. The summed E-state index contributed by atoms with van der Waals surface area (Å²) in [6, 6.07) is 4.23. The number of nitrogens with two attached hydrogens (primary N) is 1. The Labute approximate surface area is 129 Å². The molecule has 1 saturated carbocycles. The number of fused-ring (bicyclic) bond motifs is 1. The van der Waals surface area contributed by atoms with Gasteiger partial charge in [0.1, 0.15) is 4.90 Å². The van der Waals surface area contributed by atoms with E-state index in [1.807, 2.05) is 4.90 Å². The third kappa shape index (κ3) is 2.80. The van der Waals surface area contributed by atoms with Gasteiger partial charge in [-0.25, -0.2) is 13.6 Å². The van der Waals surface area contributed by atoms with Gasteiger partial charge in [-0.2, -0.15) is 0 Å². The van der Waals surface area contributed by atoms with Crippen LogP contribution in [-0.4, -0.2) is 32.3 Å². The van der Waals surface area contributed by atoms with Crippen molar-refractivity contribution in [3.63, 3.8) is 0 Å². The Balaban J connectivity index is 1.86. The van der Waals surface area contributed by atoms with Gasteiger partial charge < -0.3 is 4.90 Å². The van der Waals surface area contributed by atoms with E-state index in [4.69, 9.17) is 16.7 Å².